The summed E-state index contributed by atoms with van der Waals surface area (Å²) in [6, 6.07) is 24.2. The number of ether oxygens (including phenoxy) is 2. The number of esters is 1. The van der Waals surface area contributed by atoms with E-state index in [0.29, 0.717) is 31.9 Å². The first-order valence-corrected chi connectivity index (χ1v) is 16.6. The Hall–Kier alpha value is -3.23. The molecular weight excluding hydrogens is 624 g/mol. The van der Waals surface area contributed by atoms with Gasteiger partial charge in [0.1, 0.15) is 5.75 Å². The molecule has 3 aromatic carbocycles. The number of nitrogens with zero attached hydrogens (tertiary/aromatic N) is 1. The largest absolute Gasteiger partial charge is 0.484 e. The lowest BCUT2D eigenvalue weighted by Gasteiger charge is -2.24. The molecule has 1 aromatic heterocycles. The molecule has 4 rings (SSSR count). The van der Waals surface area contributed by atoms with Gasteiger partial charge in [-0.3, -0.25) is 9.59 Å². The number of carbonyl (C=O) groups is 2. The van der Waals surface area contributed by atoms with Crippen LogP contribution in [0.4, 0.5) is 0 Å². The summed E-state index contributed by atoms with van der Waals surface area (Å²) in [5.74, 6) is 1.22. The molecule has 0 fully saturated rings. The molecular formula is C35H41BrN2O4S. The number of thioether (sulfide) groups is 1. The SMILES string of the molecule is CCCCSc1c(CC(C)(C)C(=O)OCC)n(Cc2ccc(Br)cc2)c2ccc(OCC(=O)NCc3ccccc3)cc12. The predicted octanol–water partition coefficient (Wildman–Crippen LogP) is 8.17. The number of carbonyl (C=O) groups excluding carboxylic acids is 2. The molecule has 0 atom stereocenters. The Balaban J connectivity index is 1.68. The van der Waals surface area contributed by atoms with Crippen molar-refractivity contribution in [2.45, 2.75) is 64.9 Å². The Bertz CT molecular complexity index is 1520. The van der Waals surface area contributed by atoms with Crippen LogP contribution in [0.5, 0.6) is 5.75 Å². The molecule has 0 aliphatic heterocycles. The first kappa shape index (κ1) is 32.7. The van der Waals surface area contributed by atoms with Gasteiger partial charge in [-0.25, -0.2) is 0 Å². The van der Waals surface area contributed by atoms with Crippen LogP contribution >= 0.6 is 27.7 Å². The maximum Gasteiger partial charge on any atom is 0.311 e. The first-order chi connectivity index (χ1) is 20.7. The molecule has 0 unspecified atom stereocenters. The highest BCUT2D eigenvalue weighted by Crippen LogP contribution is 2.40. The van der Waals surface area contributed by atoms with Crippen molar-refractivity contribution in [3.05, 3.63) is 94.1 Å². The van der Waals surface area contributed by atoms with Gasteiger partial charge in [-0.2, -0.15) is 0 Å². The van der Waals surface area contributed by atoms with Crippen molar-refractivity contribution in [3.63, 3.8) is 0 Å². The van der Waals surface area contributed by atoms with E-state index in [1.807, 2.05) is 75.0 Å². The minimum absolute atomic E-state index is 0.0704. The average molecular weight is 666 g/mol. The molecule has 8 heteroatoms. The summed E-state index contributed by atoms with van der Waals surface area (Å²) in [4.78, 5) is 26.7. The highest BCUT2D eigenvalue weighted by atomic mass is 79.9. The number of aromatic nitrogens is 1. The predicted molar refractivity (Wildman–Crippen MR) is 179 cm³/mol. The Morgan fingerprint density at radius 2 is 1.72 bits per heavy atom. The van der Waals surface area contributed by atoms with Crippen LogP contribution in [0, 0.1) is 5.41 Å². The van der Waals surface area contributed by atoms with Gasteiger partial charge in [-0.1, -0.05) is 71.7 Å². The number of benzene rings is 3. The molecule has 0 aliphatic rings. The van der Waals surface area contributed by atoms with Crippen LogP contribution in [0.2, 0.25) is 0 Å². The molecule has 0 saturated carbocycles. The second kappa shape index (κ2) is 15.5. The standard InChI is InChI=1S/C35H41BrN2O4S/c1-5-7-19-43-33-29-20-28(42-24-32(39)37-22-25-11-9-8-10-12-25)17-18-30(29)38(23-26-13-15-27(36)16-14-26)31(33)21-35(3,4)34(40)41-6-2/h8-18,20H,5-7,19,21-24H2,1-4H3,(H,37,39). The van der Waals surface area contributed by atoms with Crippen LogP contribution in [0.15, 0.2) is 82.2 Å². The smallest absolute Gasteiger partial charge is 0.311 e. The fourth-order valence-electron chi connectivity index (χ4n) is 4.87. The Labute approximate surface area is 267 Å². The number of unbranched alkanes of at least 4 members (excludes halogenated alkanes) is 1. The molecule has 1 N–H and O–H groups in total. The van der Waals surface area contributed by atoms with Crippen molar-refractivity contribution in [2.24, 2.45) is 5.41 Å². The molecule has 1 amide bonds. The third-order valence-corrected chi connectivity index (χ3v) is 9.00. The number of hydrogen-bond donors (Lipinski definition) is 1. The van der Waals surface area contributed by atoms with E-state index < -0.39 is 5.41 Å². The maximum atomic E-state index is 13.0. The molecule has 0 saturated heterocycles. The molecule has 43 heavy (non-hydrogen) atoms. The van der Waals surface area contributed by atoms with E-state index in [4.69, 9.17) is 9.47 Å². The van der Waals surface area contributed by atoms with Crippen LogP contribution in [0.3, 0.4) is 0 Å². The topological polar surface area (TPSA) is 69.6 Å². The van der Waals surface area contributed by atoms with Crippen LogP contribution < -0.4 is 10.1 Å². The lowest BCUT2D eigenvalue weighted by molar-refractivity contribution is -0.153. The maximum absolute atomic E-state index is 13.0. The lowest BCUT2D eigenvalue weighted by atomic mass is 9.87. The number of fused-ring (bicyclic) bond motifs is 1. The number of nitrogens with one attached hydrogen (secondary N) is 1. The first-order valence-electron chi connectivity index (χ1n) is 14.8. The fraction of sp³-hybridized carbons (Fsp3) is 0.371. The molecule has 6 nitrogen and oxygen atoms in total. The molecule has 0 radical (unpaired) electrons. The average Bonchev–Trinajstić information content (AvgIpc) is 3.27. The van der Waals surface area contributed by atoms with Crippen LogP contribution in [-0.4, -0.2) is 35.4 Å². The van der Waals surface area contributed by atoms with Crippen molar-refractivity contribution >= 4 is 50.5 Å². The zero-order valence-electron chi connectivity index (χ0n) is 25.5. The minimum Gasteiger partial charge on any atom is -0.484 e. The van der Waals surface area contributed by atoms with Crippen molar-refractivity contribution in [1.29, 1.82) is 0 Å². The molecule has 4 aromatic rings. The number of hydrogen-bond acceptors (Lipinski definition) is 5. The van der Waals surface area contributed by atoms with E-state index in [9.17, 15) is 9.59 Å². The summed E-state index contributed by atoms with van der Waals surface area (Å²) in [6.45, 7) is 9.34. The lowest BCUT2D eigenvalue weighted by Crippen LogP contribution is -2.30. The highest BCUT2D eigenvalue weighted by Gasteiger charge is 2.33. The van der Waals surface area contributed by atoms with E-state index in [1.54, 1.807) is 0 Å². The van der Waals surface area contributed by atoms with Gasteiger partial charge >= 0.3 is 5.97 Å². The summed E-state index contributed by atoms with van der Waals surface area (Å²) in [7, 11) is 0. The summed E-state index contributed by atoms with van der Waals surface area (Å²) < 4.78 is 14.8. The van der Waals surface area contributed by atoms with Gasteiger partial charge in [0.15, 0.2) is 6.61 Å². The van der Waals surface area contributed by atoms with Crippen LogP contribution in [0.25, 0.3) is 10.9 Å². The number of rotatable bonds is 15. The van der Waals surface area contributed by atoms with E-state index in [-0.39, 0.29) is 18.5 Å². The minimum atomic E-state index is -0.710. The van der Waals surface area contributed by atoms with Gasteiger partial charge in [0.05, 0.1) is 12.0 Å². The summed E-state index contributed by atoms with van der Waals surface area (Å²) in [5, 5.41) is 3.99. The van der Waals surface area contributed by atoms with Gasteiger partial charge in [-0.05, 0) is 74.4 Å². The summed E-state index contributed by atoms with van der Waals surface area (Å²) in [5.41, 5.74) is 3.66. The Morgan fingerprint density at radius 1 is 0.977 bits per heavy atom. The van der Waals surface area contributed by atoms with Gasteiger partial charge < -0.3 is 19.4 Å². The van der Waals surface area contributed by atoms with E-state index in [2.05, 4.69) is 63.1 Å². The summed E-state index contributed by atoms with van der Waals surface area (Å²) in [6.07, 6.45) is 2.72. The normalized spacial score (nSPS) is 11.5. The zero-order chi connectivity index (χ0) is 30.8. The van der Waals surface area contributed by atoms with E-state index in [1.165, 1.54) is 0 Å². The van der Waals surface area contributed by atoms with Gasteiger partial charge in [0.2, 0.25) is 0 Å². The third kappa shape index (κ3) is 8.89. The summed E-state index contributed by atoms with van der Waals surface area (Å²) >= 11 is 5.37. The van der Waals surface area contributed by atoms with Gasteiger partial charge in [-0.15, -0.1) is 11.8 Å². The molecule has 1 heterocycles. The zero-order valence-corrected chi connectivity index (χ0v) is 27.9. The molecule has 0 aliphatic carbocycles. The van der Waals surface area contributed by atoms with Crippen LogP contribution in [0.1, 0.15) is 57.4 Å². The van der Waals surface area contributed by atoms with Crippen molar-refractivity contribution in [1.82, 2.24) is 9.88 Å². The van der Waals surface area contributed by atoms with E-state index >= 15 is 0 Å². The molecule has 0 spiro atoms. The number of halogens is 1. The fourth-order valence-corrected chi connectivity index (χ4v) is 6.44. The third-order valence-electron chi connectivity index (χ3n) is 7.23. The Morgan fingerprint density at radius 3 is 2.42 bits per heavy atom. The second-order valence-corrected chi connectivity index (χ2v) is 13.2. The number of amides is 1. The molecule has 0 bridgehead atoms. The monoisotopic (exact) mass is 664 g/mol. The second-order valence-electron chi connectivity index (χ2n) is 11.2. The highest BCUT2D eigenvalue weighted by molar-refractivity contribution is 9.10. The van der Waals surface area contributed by atoms with Crippen molar-refractivity contribution in [2.75, 3.05) is 19.0 Å². The van der Waals surface area contributed by atoms with Gasteiger partial charge in [0, 0.05) is 45.5 Å². The molecule has 228 valence electrons. The Kier molecular flexibility index (Phi) is 11.8. The van der Waals surface area contributed by atoms with Crippen LogP contribution in [-0.2, 0) is 33.8 Å². The quantitative estimate of drug-likeness (QED) is 0.0789. The van der Waals surface area contributed by atoms with Gasteiger partial charge in [0.25, 0.3) is 5.91 Å². The van der Waals surface area contributed by atoms with Crippen molar-refractivity contribution < 1.29 is 19.1 Å². The van der Waals surface area contributed by atoms with E-state index in [0.717, 1.165) is 55.7 Å². The van der Waals surface area contributed by atoms with Crippen molar-refractivity contribution in [3.8, 4) is 5.75 Å².